The number of rotatable bonds is 3. The van der Waals surface area contributed by atoms with E-state index in [0.29, 0.717) is 27.7 Å². The summed E-state index contributed by atoms with van der Waals surface area (Å²) in [7, 11) is 0. The van der Waals surface area contributed by atoms with E-state index in [4.69, 9.17) is 11.6 Å². The summed E-state index contributed by atoms with van der Waals surface area (Å²) >= 11 is 5.37. The molecular weight excluding hydrogens is 305 g/mol. The molecule has 0 aliphatic heterocycles. The number of aryl methyl sites for hydroxylation is 1. The SMILES string of the molecule is Cc1cc(-c2[nH]c3ccccc3c2C(=O)C(=O)Cl)ccc1F. The monoisotopic (exact) mass is 315 g/mol. The molecule has 0 amide bonds. The Hall–Kier alpha value is -2.46. The van der Waals surface area contributed by atoms with Crippen molar-refractivity contribution in [2.45, 2.75) is 6.92 Å². The number of para-hydroxylation sites is 1. The Kier molecular flexibility index (Phi) is 3.54. The molecule has 0 spiro atoms. The van der Waals surface area contributed by atoms with Crippen molar-refractivity contribution in [3.05, 3.63) is 59.4 Å². The third-order valence-electron chi connectivity index (χ3n) is 3.56. The molecule has 2 aromatic carbocycles. The minimum Gasteiger partial charge on any atom is -0.354 e. The summed E-state index contributed by atoms with van der Waals surface area (Å²) < 4.78 is 13.5. The van der Waals surface area contributed by atoms with Crippen LogP contribution in [-0.4, -0.2) is 16.0 Å². The molecule has 5 heteroatoms. The van der Waals surface area contributed by atoms with E-state index in [9.17, 15) is 14.0 Å². The van der Waals surface area contributed by atoms with Gasteiger partial charge in [-0.05, 0) is 53.9 Å². The summed E-state index contributed by atoms with van der Waals surface area (Å²) in [5.41, 5.74) is 2.45. The molecule has 1 aromatic heterocycles. The maximum absolute atomic E-state index is 13.5. The number of H-pyrrole nitrogens is 1. The van der Waals surface area contributed by atoms with Crippen molar-refractivity contribution < 1.29 is 14.0 Å². The van der Waals surface area contributed by atoms with Gasteiger partial charge in [0, 0.05) is 10.9 Å². The maximum atomic E-state index is 13.5. The van der Waals surface area contributed by atoms with Crippen LogP contribution in [0.4, 0.5) is 4.39 Å². The first-order valence-electron chi connectivity index (χ1n) is 6.60. The van der Waals surface area contributed by atoms with Crippen molar-refractivity contribution in [1.29, 1.82) is 0 Å². The fraction of sp³-hybridized carbons (Fsp3) is 0.0588. The lowest BCUT2D eigenvalue weighted by atomic mass is 10.0. The van der Waals surface area contributed by atoms with Gasteiger partial charge in [-0.2, -0.15) is 0 Å². The molecule has 3 aromatic rings. The quantitative estimate of drug-likeness (QED) is 0.447. The average Bonchev–Trinajstić information content (AvgIpc) is 2.88. The summed E-state index contributed by atoms with van der Waals surface area (Å²) in [4.78, 5) is 26.6. The second-order valence-electron chi connectivity index (χ2n) is 4.99. The first kappa shape index (κ1) is 14.5. The predicted octanol–water partition coefficient (Wildman–Crippen LogP) is 4.23. The highest BCUT2D eigenvalue weighted by Crippen LogP contribution is 2.32. The van der Waals surface area contributed by atoms with Crippen molar-refractivity contribution in [1.82, 2.24) is 4.98 Å². The van der Waals surface area contributed by atoms with Crippen LogP contribution in [0.25, 0.3) is 22.2 Å². The van der Waals surface area contributed by atoms with Gasteiger partial charge in [0.05, 0.1) is 11.3 Å². The second-order valence-corrected chi connectivity index (χ2v) is 5.33. The number of carbonyl (C=O) groups is 2. The highest BCUT2D eigenvalue weighted by atomic mass is 35.5. The molecule has 0 radical (unpaired) electrons. The lowest BCUT2D eigenvalue weighted by molar-refractivity contribution is -0.108. The minimum atomic E-state index is -1.05. The van der Waals surface area contributed by atoms with E-state index in [1.165, 1.54) is 6.07 Å². The molecule has 0 bridgehead atoms. The number of nitrogens with one attached hydrogen (secondary N) is 1. The highest BCUT2D eigenvalue weighted by Gasteiger charge is 2.23. The Morgan fingerprint density at radius 2 is 1.86 bits per heavy atom. The van der Waals surface area contributed by atoms with Gasteiger partial charge in [-0.25, -0.2) is 4.39 Å². The second kappa shape index (κ2) is 5.39. The normalized spacial score (nSPS) is 10.9. The van der Waals surface area contributed by atoms with Gasteiger partial charge >= 0.3 is 0 Å². The van der Waals surface area contributed by atoms with E-state index in [-0.39, 0.29) is 11.4 Å². The average molecular weight is 316 g/mol. The smallest absolute Gasteiger partial charge is 0.293 e. The van der Waals surface area contributed by atoms with Crippen LogP contribution in [0.3, 0.4) is 0 Å². The number of hydrogen-bond acceptors (Lipinski definition) is 2. The van der Waals surface area contributed by atoms with E-state index in [1.807, 2.05) is 6.07 Å². The third kappa shape index (κ3) is 2.31. The van der Waals surface area contributed by atoms with Crippen molar-refractivity contribution >= 4 is 33.5 Å². The van der Waals surface area contributed by atoms with Gasteiger partial charge in [0.25, 0.3) is 5.24 Å². The molecule has 0 saturated heterocycles. The number of Topliss-reactive ketones (excluding diaryl/α,β-unsaturated/α-hetero) is 1. The first-order valence-corrected chi connectivity index (χ1v) is 6.98. The van der Waals surface area contributed by atoms with Crippen LogP contribution in [0, 0.1) is 12.7 Å². The Morgan fingerprint density at radius 1 is 1.14 bits per heavy atom. The Labute approximate surface area is 130 Å². The Morgan fingerprint density at radius 3 is 2.55 bits per heavy atom. The van der Waals surface area contributed by atoms with E-state index < -0.39 is 11.0 Å². The van der Waals surface area contributed by atoms with E-state index in [0.717, 1.165) is 0 Å². The molecule has 0 saturated carbocycles. The van der Waals surface area contributed by atoms with Crippen LogP contribution in [0.2, 0.25) is 0 Å². The molecule has 0 unspecified atom stereocenters. The molecule has 1 heterocycles. The fourth-order valence-electron chi connectivity index (χ4n) is 2.49. The topological polar surface area (TPSA) is 49.9 Å². The minimum absolute atomic E-state index is 0.210. The molecule has 0 aliphatic rings. The van der Waals surface area contributed by atoms with Gasteiger partial charge in [-0.3, -0.25) is 9.59 Å². The molecule has 0 atom stereocenters. The Balaban J connectivity index is 2.32. The van der Waals surface area contributed by atoms with Crippen molar-refractivity contribution in [3.63, 3.8) is 0 Å². The summed E-state index contributed by atoms with van der Waals surface area (Å²) in [6, 6.07) is 11.6. The van der Waals surface area contributed by atoms with Gasteiger partial charge in [0.15, 0.2) is 0 Å². The summed E-state index contributed by atoms with van der Waals surface area (Å²) in [5, 5.41) is -0.441. The maximum Gasteiger partial charge on any atom is 0.293 e. The number of benzene rings is 2. The zero-order valence-corrected chi connectivity index (χ0v) is 12.4. The zero-order valence-electron chi connectivity index (χ0n) is 11.6. The number of fused-ring (bicyclic) bond motifs is 1. The number of aromatic amines is 1. The molecule has 0 fully saturated rings. The standard InChI is InChI=1S/C17H11ClFNO2/c1-9-8-10(6-7-12(9)19)15-14(16(21)17(18)22)11-4-2-3-5-13(11)20-15/h2-8,20H,1H3. The summed E-state index contributed by atoms with van der Waals surface area (Å²) in [6.07, 6.45) is 0. The molecule has 110 valence electrons. The molecule has 3 rings (SSSR count). The summed E-state index contributed by atoms with van der Waals surface area (Å²) in [5.74, 6) is -1.11. The number of hydrogen-bond donors (Lipinski definition) is 1. The van der Waals surface area contributed by atoms with Gasteiger partial charge in [-0.1, -0.05) is 18.2 Å². The van der Waals surface area contributed by atoms with Crippen LogP contribution < -0.4 is 0 Å². The fourth-order valence-corrected chi connectivity index (χ4v) is 2.59. The molecule has 1 N–H and O–H groups in total. The van der Waals surface area contributed by atoms with Crippen molar-refractivity contribution in [2.75, 3.05) is 0 Å². The van der Waals surface area contributed by atoms with Crippen LogP contribution in [0.1, 0.15) is 15.9 Å². The van der Waals surface area contributed by atoms with Crippen molar-refractivity contribution in [3.8, 4) is 11.3 Å². The lowest BCUT2D eigenvalue weighted by Gasteiger charge is -2.04. The predicted molar refractivity (Wildman–Crippen MR) is 83.6 cm³/mol. The number of aromatic nitrogens is 1. The van der Waals surface area contributed by atoms with Gasteiger partial charge in [-0.15, -0.1) is 0 Å². The van der Waals surface area contributed by atoms with Crippen LogP contribution in [-0.2, 0) is 4.79 Å². The van der Waals surface area contributed by atoms with Crippen LogP contribution in [0.5, 0.6) is 0 Å². The van der Waals surface area contributed by atoms with Gasteiger partial charge in [0.1, 0.15) is 5.82 Å². The van der Waals surface area contributed by atoms with Crippen LogP contribution >= 0.6 is 11.6 Å². The molecule has 0 aliphatic carbocycles. The highest BCUT2D eigenvalue weighted by molar-refractivity contribution is 6.83. The lowest BCUT2D eigenvalue weighted by Crippen LogP contribution is -2.08. The third-order valence-corrected chi connectivity index (χ3v) is 3.73. The number of carbonyl (C=O) groups excluding carboxylic acids is 2. The number of halogens is 2. The zero-order chi connectivity index (χ0) is 15.9. The summed E-state index contributed by atoms with van der Waals surface area (Å²) in [6.45, 7) is 1.63. The van der Waals surface area contributed by atoms with E-state index in [1.54, 1.807) is 37.3 Å². The van der Waals surface area contributed by atoms with E-state index >= 15 is 0 Å². The largest absolute Gasteiger partial charge is 0.354 e. The first-order chi connectivity index (χ1) is 10.5. The van der Waals surface area contributed by atoms with Crippen molar-refractivity contribution in [2.24, 2.45) is 0 Å². The van der Waals surface area contributed by atoms with Gasteiger partial charge < -0.3 is 4.98 Å². The molecular formula is C17H11ClFNO2. The number of ketones is 1. The molecule has 3 nitrogen and oxygen atoms in total. The Bertz CT molecular complexity index is 914. The van der Waals surface area contributed by atoms with E-state index in [2.05, 4.69) is 4.98 Å². The van der Waals surface area contributed by atoms with Gasteiger partial charge in [0.2, 0.25) is 5.78 Å². The van der Waals surface area contributed by atoms with Crippen LogP contribution in [0.15, 0.2) is 42.5 Å². The molecule has 22 heavy (non-hydrogen) atoms.